The Morgan fingerprint density at radius 1 is 1.06 bits per heavy atom. The van der Waals surface area contributed by atoms with E-state index in [1.54, 1.807) is 7.11 Å². The summed E-state index contributed by atoms with van der Waals surface area (Å²) in [5.74, 6) is 1.23. The molecular weight excluding hydrogens is 410 g/mol. The summed E-state index contributed by atoms with van der Waals surface area (Å²) in [6.07, 6.45) is 2.96. The van der Waals surface area contributed by atoms with Crippen molar-refractivity contribution in [2.24, 2.45) is 0 Å². The molecule has 178 valence electrons. The molecule has 5 heteroatoms. The van der Waals surface area contributed by atoms with E-state index in [9.17, 15) is 4.79 Å². The second-order valence-electron chi connectivity index (χ2n) is 9.54. The molecule has 0 unspecified atom stereocenters. The van der Waals surface area contributed by atoms with E-state index in [4.69, 9.17) is 4.74 Å². The maximum absolute atomic E-state index is 13.5. The summed E-state index contributed by atoms with van der Waals surface area (Å²) in [4.78, 5) is 18.0. The lowest BCUT2D eigenvalue weighted by molar-refractivity contribution is -0.136. The SMILES string of the molecule is CCN(CC)C(=O)[C@@H]1C[C@@H](NCc2ccc(OC)c(C)c2C)CN1C1Cc2ccccc2C1. The predicted octanol–water partition coefficient (Wildman–Crippen LogP) is 3.88. The molecule has 5 nitrogen and oxygen atoms in total. The van der Waals surface area contributed by atoms with Crippen LogP contribution in [0.15, 0.2) is 36.4 Å². The molecule has 0 bridgehead atoms. The molecule has 1 aliphatic carbocycles. The largest absolute Gasteiger partial charge is 0.496 e. The van der Waals surface area contributed by atoms with E-state index < -0.39 is 0 Å². The number of nitrogens with one attached hydrogen (secondary N) is 1. The quantitative estimate of drug-likeness (QED) is 0.664. The number of amides is 1. The van der Waals surface area contributed by atoms with Gasteiger partial charge in [-0.2, -0.15) is 0 Å². The smallest absolute Gasteiger partial charge is 0.239 e. The van der Waals surface area contributed by atoms with Crippen LogP contribution in [0.4, 0.5) is 0 Å². The first-order valence-electron chi connectivity index (χ1n) is 12.4. The average molecular weight is 450 g/mol. The van der Waals surface area contributed by atoms with Gasteiger partial charge >= 0.3 is 0 Å². The lowest BCUT2D eigenvalue weighted by Crippen LogP contribution is -2.49. The van der Waals surface area contributed by atoms with Crippen molar-refractivity contribution in [3.63, 3.8) is 0 Å². The van der Waals surface area contributed by atoms with Crippen molar-refractivity contribution in [2.75, 3.05) is 26.7 Å². The van der Waals surface area contributed by atoms with Crippen LogP contribution in [-0.4, -0.2) is 60.6 Å². The van der Waals surface area contributed by atoms with E-state index in [1.165, 1.54) is 27.8 Å². The molecule has 4 rings (SSSR count). The molecule has 2 aliphatic rings. The van der Waals surface area contributed by atoms with Gasteiger partial charge in [-0.05, 0) is 80.8 Å². The van der Waals surface area contributed by atoms with Crippen molar-refractivity contribution in [3.8, 4) is 5.75 Å². The van der Waals surface area contributed by atoms with Crippen LogP contribution in [0.3, 0.4) is 0 Å². The number of rotatable bonds is 8. The third kappa shape index (κ3) is 4.80. The number of fused-ring (bicyclic) bond motifs is 1. The van der Waals surface area contributed by atoms with Crippen molar-refractivity contribution in [1.82, 2.24) is 15.1 Å². The summed E-state index contributed by atoms with van der Waals surface area (Å²) in [7, 11) is 1.72. The van der Waals surface area contributed by atoms with Crippen molar-refractivity contribution < 1.29 is 9.53 Å². The Bertz CT molecular complexity index is 960. The van der Waals surface area contributed by atoms with E-state index in [-0.39, 0.29) is 11.9 Å². The molecule has 1 aliphatic heterocycles. The minimum atomic E-state index is -0.0413. The van der Waals surface area contributed by atoms with Crippen molar-refractivity contribution in [3.05, 3.63) is 64.2 Å². The summed E-state index contributed by atoms with van der Waals surface area (Å²) >= 11 is 0. The minimum absolute atomic E-state index is 0.0413. The van der Waals surface area contributed by atoms with Crippen LogP contribution in [0.5, 0.6) is 5.75 Å². The Kier molecular flexibility index (Phi) is 7.40. The molecule has 1 amide bonds. The Morgan fingerprint density at radius 3 is 2.33 bits per heavy atom. The lowest BCUT2D eigenvalue weighted by Gasteiger charge is -2.32. The number of ether oxygens (including phenoxy) is 1. The van der Waals surface area contributed by atoms with Gasteiger partial charge in [0.05, 0.1) is 13.2 Å². The lowest BCUT2D eigenvalue weighted by atomic mass is 10.0. The van der Waals surface area contributed by atoms with E-state index in [0.717, 1.165) is 51.2 Å². The highest BCUT2D eigenvalue weighted by molar-refractivity contribution is 5.82. The van der Waals surface area contributed by atoms with Crippen LogP contribution in [0.1, 0.15) is 48.1 Å². The number of likely N-dealkylation sites (tertiary alicyclic amines) is 1. The van der Waals surface area contributed by atoms with Gasteiger partial charge in [0.25, 0.3) is 0 Å². The van der Waals surface area contributed by atoms with Crippen LogP contribution in [0.2, 0.25) is 0 Å². The maximum Gasteiger partial charge on any atom is 0.239 e. The van der Waals surface area contributed by atoms with E-state index >= 15 is 0 Å². The van der Waals surface area contributed by atoms with Gasteiger partial charge in [-0.15, -0.1) is 0 Å². The van der Waals surface area contributed by atoms with E-state index in [0.29, 0.717) is 12.1 Å². The molecule has 2 aromatic rings. The van der Waals surface area contributed by atoms with Crippen LogP contribution in [0, 0.1) is 13.8 Å². The molecule has 33 heavy (non-hydrogen) atoms. The van der Waals surface area contributed by atoms with Gasteiger partial charge in [0.1, 0.15) is 5.75 Å². The molecule has 2 atom stereocenters. The van der Waals surface area contributed by atoms with Gasteiger partial charge in [-0.25, -0.2) is 0 Å². The summed E-state index contributed by atoms with van der Waals surface area (Å²) in [5, 5.41) is 3.78. The molecule has 0 saturated carbocycles. The second-order valence-corrected chi connectivity index (χ2v) is 9.54. The standard InChI is InChI=1S/C28H39N3O2/c1-6-30(7-2)28(32)26-16-24(29-17-23-12-13-27(33-5)20(4)19(23)3)18-31(26)25-14-21-10-8-9-11-22(21)15-25/h8-13,24-26,29H,6-7,14-18H2,1-5H3/t24-,26+/m1/s1. The molecule has 0 radical (unpaired) electrons. The van der Waals surface area contributed by atoms with Gasteiger partial charge in [0.15, 0.2) is 0 Å². The maximum atomic E-state index is 13.5. The fraction of sp³-hybridized carbons (Fsp3) is 0.536. The summed E-state index contributed by atoms with van der Waals surface area (Å²) in [5.41, 5.74) is 6.66. The van der Waals surface area contributed by atoms with Crippen LogP contribution in [-0.2, 0) is 24.2 Å². The van der Waals surface area contributed by atoms with E-state index in [2.05, 4.69) is 74.3 Å². The normalized spacial score (nSPS) is 20.8. The van der Waals surface area contributed by atoms with Gasteiger partial charge < -0.3 is 15.0 Å². The average Bonchev–Trinajstić information content (AvgIpc) is 3.45. The zero-order valence-electron chi connectivity index (χ0n) is 20.9. The molecule has 0 aromatic heterocycles. The Labute approximate surface area is 199 Å². The Morgan fingerprint density at radius 2 is 1.73 bits per heavy atom. The minimum Gasteiger partial charge on any atom is -0.496 e. The summed E-state index contributed by atoms with van der Waals surface area (Å²) < 4.78 is 5.47. The fourth-order valence-corrected chi connectivity index (χ4v) is 5.69. The highest BCUT2D eigenvalue weighted by Gasteiger charge is 2.42. The number of carbonyl (C=O) groups excluding carboxylic acids is 1. The topological polar surface area (TPSA) is 44.8 Å². The van der Waals surface area contributed by atoms with Crippen molar-refractivity contribution in [1.29, 1.82) is 0 Å². The van der Waals surface area contributed by atoms with Gasteiger partial charge in [0, 0.05) is 38.3 Å². The zero-order valence-corrected chi connectivity index (χ0v) is 20.9. The number of hydrogen-bond donors (Lipinski definition) is 1. The number of nitrogens with zero attached hydrogens (tertiary/aromatic N) is 2. The first-order valence-corrected chi connectivity index (χ1v) is 12.4. The number of benzene rings is 2. The molecule has 0 spiro atoms. The van der Waals surface area contributed by atoms with Gasteiger partial charge in [-0.3, -0.25) is 9.69 Å². The zero-order chi connectivity index (χ0) is 23.5. The molecular formula is C28H39N3O2. The first-order chi connectivity index (χ1) is 16.0. The number of likely N-dealkylation sites (N-methyl/N-ethyl adjacent to an activating group) is 1. The van der Waals surface area contributed by atoms with Crippen molar-refractivity contribution in [2.45, 2.75) is 71.6 Å². The van der Waals surface area contributed by atoms with Crippen LogP contribution in [0.25, 0.3) is 0 Å². The molecule has 1 N–H and O–H groups in total. The Hall–Kier alpha value is -2.37. The third-order valence-corrected chi connectivity index (χ3v) is 7.85. The molecule has 1 fully saturated rings. The Balaban J connectivity index is 1.49. The number of carbonyl (C=O) groups is 1. The molecule has 1 heterocycles. The summed E-state index contributed by atoms with van der Waals surface area (Å²) in [6.45, 7) is 11.7. The monoisotopic (exact) mass is 449 g/mol. The molecule has 2 aromatic carbocycles. The van der Waals surface area contributed by atoms with E-state index in [1.807, 2.05) is 4.90 Å². The number of methoxy groups -OCH3 is 1. The summed E-state index contributed by atoms with van der Waals surface area (Å²) in [6, 6.07) is 13.6. The molecule has 1 saturated heterocycles. The van der Waals surface area contributed by atoms with Gasteiger partial charge in [-0.1, -0.05) is 30.3 Å². The second kappa shape index (κ2) is 10.3. The van der Waals surface area contributed by atoms with Crippen LogP contribution < -0.4 is 10.1 Å². The third-order valence-electron chi connectivity index (χ3n) is 7.85. The predicted molar refractivity (Wildman–Crippen MR) is 134 cm³/mol. The highest BCUT2D eigenvalue weighted by atomic mass is 16.5. The van der Waals surface area contributed by atoms with Crippen molar-refractivity contribution >= 4 is 5.91 Å². The highest BCUT2D eigenvalue weighted by Crippen LogP contribution is 2.32. The first kappa shape index (κ1) is 23.8. The fourth-order valence-electron chi connectivity index (χ4n) is 5.69. The van der Waals surface area contributed by atoms with Gasteiger partial charge in [0.2, 0.25) is 5.91 Å². The van der Waals surface area contributed by atoms with Crippen LogP contribution >= 0.6 is 0 Å². The number of hydrogen-bond acceptors (Lipinski definition) is 4.